The van der Waals surface area contributed by atoms with E-state index >= 15 is 0 Å². The number of morpholine rings is 1. The largest absolute Gasteiger partial charge is 0.495 e. The van der Waals surface area contributed by atoms with Gasteiger partial charge in [-0.15, -0.1) is 0 Å². The van der Waals surface area contributed by atoms with Crippen molar-refractivity contribution < 1.29 is 22.7 Å². The Hall–Kier alpha value is -2.68. The number of methoxy groups -OCH3 is 1. The number of nitrogens with one attached hydrogen (secondary N) is 1. The molecule has 2 aromatic carbocycles. The number of hydrogen-bond donors (Lipinski definition) is 1. The molecule has 1 saturated heterocycles. The first-order valence-electron chi connectivity index (χ1n) is 8.81. The summed E-state index contributed by atoms with van der Waals surface area (Å²) in [5, 5.41) is 2.69. The Kier molecular flexibility index (Phi) is 6.45. The third kappa shape index (κ3) is 4.78. The molecule has 28 heavy (non-hydrogen) atoms. The standard InChI is InChI=1S/C20H22N2O5S/c1-26-18-9-8-17(21-20(23)10-7-16-5-3-2-4-6-16)15-19(18)28(24,25)22-11-13-27-14-12-22/h2-10,15H,11-14H2,1H3,(H,21,23)/b10-7+. The summed E-state index contributed by atoms with van der Waals surface area (Å²) < 4.78 is 37.8. The van der Waals surface area contributed by atoms with Crippen molar-refractivity contribution in [2.75, 3.05) is 38.7 Å². The smallest absolute Gasteiger partial charge is 0.248 e. The zero-order valence-corrected chi connectivity index (χ0v) is 16.3. The Labute approximate surface area is 164 Å². The van der Waals surface area contributed by atoms with Gasteiger partial charge >= 0.3 is 0 Å². The number of carbonyl (C=O) groups is 1. The van der Waals surface area contributed by atoms with Crippen LogP contribution in [0.5, 0.6) is 5.75 Å². The van der Waals surface area contributed by atoms with Gasteiger partial charge in [0.15, 0.2) is 0 Å². The number of hydrogen-bond acceptors (Lipinski definition) is 5. The lowest BCUT2D eigenvalue weighted by molar-refractivity contribution is -0.111. The molecule has 1 N–H and O–H groups in total. The molecule has 7 nitrogen and oxygen atoms in total. The molecule has 1 fully saturated rings. The van der Waals surface area contributed by atoms with E-state index in [0.29, 0.717) is 18.9 Å². The fraction of sp³-hybridized carbons (Fsp3) is 0.250. The van der Waals surface area contributed by atoms with Crippen molar-refractivity contribution in [2.24, 2.45) is 0 Å². The summed E-state index contributed by atoms with van der Waals surface area (Å²) >= 11 is 0. The molecule has 0 spiro atoms. The molecule has 0 radical (unpaired) electrons. The van der Waals surface area contributed by atoms with Crippen molar-refractivity contribution in [3.05, 3.63) is 60.2 Å². The second-order valence-corrected chi connectivity index (χ2v) is 8.02. The summed E-state index contributed by atoms with van der Waals surface area (Å²) in [7, 11) is -2.35. The van der Waals surface area contributed by atoms with Gasteiger partial charge in [0.1, 0.15) is 10.6 Å². The van der Waals surface area contributed by atoms with E-state index in [1.165, 1.54) is 29.6 Å². The number of amides is 1. The van der Waals surface area contributed by atoms with Crippen LogP contribution in [0.25, 0.3) is 6.08 Å². The quantitative estimate of drug-likeness (QED) is 0.750. The SMILES string of the molecule is COc1ccc(NC(=O)/C=C/c2ccccc2)cc1S(=O)(=O)N1CCOCC1. The minimum atomic E-state index is -3.76. The van der Waals surface area contributed by atoms with Crippen LogP contribution in [0.2, 0.25) is 0 Å². The molecular formula is C20H22N2O5S. The molecule has 0 aromatic heterocycles. The van der Waals surface area contributed by atoms with E-state index in [-0.39, 0.29) is 29.6 Å². The maximum atomic E-state index is 13.0. The molecule has 3 rings (SSSR count). The van der Waals surface area contributed by atoms with E-state index in [4.69, 9.17) is 9.47 Å². The highest BCUT2D eigenvalue weighted by molar-refractivity contribution is 7.89. The van der Waals surface area contributed by atoms with Crippen LogP contribution in [0.4, 0.5) is 5.69 Å². The molecule has 1 aliphatic rings. The summed E-state index contributed by atoms with van der Waals surface area (Å²) in [6, 6.07) is 14.0. The molecule has 8 heteroatoms. The number of ether oxygens (including phenoxy) is 2. The summed E-state index contributed by atoms with van der Waals surface area (Å²) in [6.45, 7) is 1.26. The van der Waals surface area contributed by atoms with Gasteiger partial charge in [0.2, 0.25) is 15.9 Å². The van der Waals surface area contributed by atoms with Crippen LogP contribution in [0, 0.1) is 0 Å². The van der Waals surface area contributed by atoms with E-state index in [1.54, 1.807) is 12.1 Å². The molecule has 0 unspecified atom stereocenters. The molecule has 0 aliphatic carbocycles. The van der Waals surface area contributed by atoms with Gasteiger partial charge in [0.25, 0.3) is 0 Å². The zero-order chi connectivity index (χ0) is 20.0. The van der Waals surface area contributed by atoms with Gasteiger partial charge < -0.3 is 14.8 Å². The predicted octanol–water partition coefficient (Wildman–Crippen LogP) is 2.37. The highest BCUT2D eigenvalue weighted by Crippen LogP contribution is 2.30. The Morgan fingerprint density at radius 3 is 2.54 bits per heavy atom. The maximum absolute atomic E-state index is 13.0. The van der Waals surface area contributed by atoms with Crippen LogP contribution in [-0.2, 0) is 19.6 Å². The highest BCUT2D eigenvalue weighted by Gasteiger charge is 2.29. The van der Waals surface area contributed by atoms with Crippen LogP contribution in [-0.4, -0.2) is 52.0 Å². The van der Waals surface area contributed by atoms with Gasteiger partial charge in [-0.2, -0.15) is 4.31 Å². The van der Waals surface area contributed by atoms with E-state index < -0.39 is 10.0 Å². The van der Waals surface area contributed by atoms with Crippen molar-refractivity contribution in [3.8, 4) is 5.75 Å². The Morgan fingerprint density at radius 2 is 1.86 bits per heavy atom. The van der Waals surface area contributed by atoms with E-state index in [9.17, 15) is 13.2 Å². The molecule has 1 aliphatic heterocycles. The van der Waals surface area contributed by atoms with Crippen LogP contribution in [0.3, 0.4) is 0 Å². The van der Waals surface area contributed by atoms with Crippen LogP contribution in [0.1, 0.15) is 5.56 Å². The van der Waals surface area contributed by atoms with Crippen molar-refractivity contribution in [2.45, 2.75) is 4.90 Å². The predicted molar refractivity (Wildman–Crippen MR) is 107 cm³/mol. The normalized spacial score (nSPS) is 15.5. The molecular weight excluding hydrogens is 380 g/mol. The number of benzene rings is 2. The molecule has 0 saturated carbocycles. The third-order valence-corrected chi connectivity index (χ3v) is 6.17. The molecule has 2 aromatic rings. The first-order valence-corrected chi connectivity index (χ1v) is 10.2. The summed E-state index contributed by atoms with van der Waals surface area (Å²) in [4.78, 5) is 12.2. The van der Waals surface area contributed by atoms with E-state index in [1.807, 2.05) is 30.3 Å². The first kappa shape index (κ1) is 20.1. The fourth-order valence-electron chi connectivity index (χ4n) is 2.80. The summed E-state index contributed by atoms with van der Waals surface area (Å²) in [6.07, 6.45) is 3.08. The molecule has 1 amide bonds. The van der Waals surface area contributed by atoms with E-state index in [2.05, 4.69) is 5.32 Å². The number of rotatable bonds is 6. The van der Waals surface area contributed by atoms with Gasteiger partial charge in [0.05, 0.1) is 20.3 Å². The topological polar surface area (TPSA) is 84.9 Å². The lowest BCUT2D eigenvalue weighted by atomic mass is 10.2. The summed E-state index contributed by atoms with van der Waals surface area (Å²) in [5.41, 5.74) is 1.26. The van der Waals surface area contributed by atoms with E-state index in [0.717, 1.165) is 5.56 Å². The zero-order valence-electron chi connectivity index (χ0n) is 15.5. The average Bonchev–Trinajstić information content (AvgIpc) is 2.73. The lowest BCUT2D eigenvalue weighted by Gasteiger charge is -2.26. The van der Waals surface area contributed by atoms with Crippen LogP contribution >= 0.6 is 0 Å². The molecule has 0 atom stereocenters. The second-order valence-electron chi connectivity index (χ2n) is 6.12. The maximum Gasteiger partial charge on any atom is 0.248 e. The second kappa shape index (κ2) is 9.01. The van der Waals surface area contributed by atoms with Crippen molar-refractivity contribution in [3.63, 3.8) is 0 Å². The van der Waals surface area contributed by atoms with Gasteiger partial charge in [-0.3, -0.25) is 4.79 Å². The molecule has 0 bridgehead atoms. The molecule has 148 valence electrons. The minimum Gasteiger partial charge on any atom is -0.495 e. The first-order chi connectivity index (χ1) is 13.5. The average molecular weight is 402 g/mol. The highest BCUT2D eigenvalue weighted by atomic mass is 32.2. The van der Waals surface area contributed by atoms with Crippen LogP contribution in [0.15, 0.2) is 59.5 Å². The third-order valence-electron chi connectivity index (χ3n) is 4.25. The van der Waals surface area contributed by atoms with Crippen molar-refractivity contribution in [1.29, 1.82) is 0 Å². The summed E-state index contributed by atoms with van der Waals surface area (Å²) in [5.74, 6) is -0.131. The van der Waals surface area contributed by atoms with Gasteiger partial charge in [-0.05, 0) is 29.8 Å². The monoisotopic (exact) mass is 402 g/mol. The number of sulfonamides is 1. The number of carbonyl (C=O) groups excluding carboxylic acids is 1. The number of nitrogens with zero attached hydrogens (tertiary/aromatic N) is 1. The minimum absolute atomic E-state index is 0.0155. The Morgan fingerprint density at radius 1 is 1.14 bits per heavy atom. The van der Waals surface area contributed by atoms with Gasteiger partial charge in [-0.1, -0.05) is 30.3 Å². The van der Waals surface area contributed by atoms with Crippen molar-refractivity contribution in [1.82, 2.24) is 4.31 Å². The van der Waals surface area contributed by atoms with Crippen LogP contribution < -0.4 is 10.1 Å². The van der Waals surface area contributed by atoms with Gasteiger partial charge in [-0.25, -0.2) is 8.42 Å². The fourth-order valence-corrected chi connectivity index (χ4v) is 4.39. The molecule has 1 heterocycles. The number of anilines is 1. The Balaban J connectivity index is 1.80. The van der Waals surface area contributed by atoms with Gasteiger partial charge in [0, 0.05) is 24.9 Å². The van der Waals surface area contributed by atoms with Crippen molar-refractivity contribution >= 4 is 27.7 Å². The Bertz CT molecular complexity index is 952. The lowest BCUT2D eigenvalue weighted by Crippen LogP contribution is -2.40.